The average Bonchev–Trinajstić information content (AvgIpc) is 2.48. The zero-order chi connectivity index (χ0) is 16.6. The van der Waals surface area contributed by atoms with Crippen molar-refractivity contribution in [2.45, 2.75) is 26.7 Å². The first-order valence-corrected chi connectivity index (χ1v) is 7.51. The molecule has 0 aliphatic heterocycles. The van der Waals surface area contributed by atoms with Gasteiger partial charge in [-0.3, -0.25) is 14.4 Å². The van der Waals surface area contributed by atoms with E-state index in [1.54, 1.807) is 24.3 Å². The Morgan fingerprint density at radius 2 is 1.83 bits per heavy atom. The highest BCUT2D eigenvalue weighted by Crippen LogP contribution is 2.33. The molecule has 118 valence electrons. The average molecular weight is 310 g/mol. The van der Waals surface area contributed by atoms with Gasteiger partial charge in [-0.15, -0.1) is 0 Å². The van der Waals surface area contributed by atoms with E-state index in [4.69, 9.17) is 0 Å². The van der Waals surface area contributed by atoms with Crippen molar-refractivity contribution in [3.63, 3.8) is 0 Å². The number of nitrogens with one attached hydrogen (secondary N) is 2. The Kier molecular flexibility index (Phi) is 3.64. The van der Waals surface area contributed by atoms with Crippen molar-refractivity contribution in [2.75, 3.05) is 5.32 Å². The number of anilines is 1. The van der Waals surface area contributed by atoms with E-state index in [1.165, 1.54) is 6.07 Å². The van der Waals surface area contributed by atoms with E-state index in [-0.39, 0.29) is 22.8 Å². The predicted octanol–water partition coefficient (Wildman–Crippen LogP) is 2.78. The molecule has 0 saturated carbocycles. The van der Waals surface area contributed by atoms with Gasteiger partial charge in [-0.25, -0.2) is 0 Å². The number of Topliss-reactive ketones (excluding diaryl/α,β-unsaturated/α-hetero) is 1. The van der Waals surface area contributed by atoms with Crippen LogP contribution >= 0.6 is 0 Å². The molecular formula is C18H18N2O3. The van der Waals surface area contributed by atoms with Gasteiger partial charge in [0, 0.05) is 23.2 Å². The van der Waals surface area contributed by atoms with Gasteiger partial charge >= 0.3 is 0 Å². The zero-order valence-corrected chi connectivity index (χ0v) is 13.1. The molecule has 1 amide bonds. The lowest BCUT2D eigenvalue weighted by atomic mass is 9.75. The number of fused-ring (bicyclic) bond motifs is 1. The number of amides is 1. The summed E-state index contributed by atoms with van der Waals surface area (Å²) in [5.41, 5.74) is 1.14. The van der Waals surface area contributed by atoms with Crippen LogP contribution in [-0.2, 0) is 6.42 Å². The van der Waals surface area contributed by atoms with E-state index in [0.717, 1.165) is 0 Å². The Bertz CT molecular complexity index is 835. The van der Waals surface area contributed by atoms with Crippen LogP contribution in [0.15, 0.2) is 41.2 Å². The summed E-state index contributed by atoms with van der Waals surface area (Å²) in [6, 6.07) is 10.1. The van der Waals surface area contributed by atoms with E-state index in [2.05, 4.69) is 10.3 Å². The number of benzene rings is 1. The maximum atomic E-state index is 12.3. The van der Waals surface area contributed by atoms with Crippen molar-refractivity contribution in [1.82, 2.24) is 4.98 Å². The number of rotatable bonds is 2. The van der Waals surface area contributed by atoms with Gasteiger partial charge in [-0.05, 0) is 30.0 Å². The van der Waals surface area contributed by atoms with Crippen LogP contribution in [0.5, 0.6) is 0 Å². The highest BCUT2D eigenvalue weighted by atomic mass is 16.2. The van der Waals surface area contributed by atoms with Gasteiger partial charge in [0.1, 0.15) is 5.69 Å². The number of aromatic amines is 1. The third-order valence-electron chi connectivity index (χ3n) is 4.00. The molecule has 1 aliphatic carbocycles. The van der Waals surface area contributed by atoms with Crippen molar-refractivity contribution in [3.05, 3.63) is 63.6 Å². The predicted molar refractivity (Wildman–Crippen MR) is 87.9 cm³/mol. The fourth-order valence-electron chi connectivity index (χ4n) is 2.90. The van der Waals surface area contributed by atoms with Crippen LogP contribution in [0, 0.1) is 5.41 Å². The van der Waals surface area contributed by atoms with Gasteiger partial charge < -0.3 is 10.3 Å². The summed E-state index contributed by atoms with van der Waals surface area (Å²) in [5, 5.41) is 2.58. The summed E-state index contributed by atoms with van der Waals surface area (Å²) in [7, 11) is 0. The lowest BCUT2D eigenvalue weighted by molar-refractivity contribution is 0.0909. The number of pyridine rings is 1. The fourth-order valence-corrected chi connectivity index (χ4v) is 2.90. The maximum Gasteiger partial charge on any atom is 0.271 e. The van der Waals surface area contributed by atoms with E-state index in [9.17, 15) is 14.4 Å². The minimum atomic E-state index is -0.390. The van der Waals surface area contributed by atoms with Crippen LogP contribution in [0.3, 0.4) is 0 Å². The summed E-state index contributed by atoms with van der Waals surface area (Å²) >= 11 is 0. The lowest BCUT2D eigenvalue weighted by Crippen LogP contribution is -2.31. The van der Waals surface area contributed by atoms with Crippen molar-refractivity contribution in [3.8, 4) is 0 Å². The van der Waals surface area contributed by atoms with Gasteiger partial charge in [-0.2, -0.15) is 0 Å². The fraction of sp³-hybridized carbons (Fsp3) is 0.278. The molecule has 0 atom stereocenters. The van der Waals surface area contributed by atoms with Gasteiger partial charge in [0.25, 0.3) is 11.5 Å². The van der Waals surface area contributed by atoms with Crippen LogP contribution in [0.25, 0.3) is 0 Å². The first-order chi connectivity index (χ1) is 10.9. The van der Waals surface area contributed by atoms with Crippen LogP contribution in [0.1, 0.15) is 46.7 Å². The molecule has 2 aromatic rings. The molecule has 0 bridgehead atoms. The third kappa shape index (κ3) is 3.08. The summed E-state index contributed by atoms with van der Waals surface area (Å²) in [6.45, 7) is 3.99. The number of hydrogen-bond acceptors (Lipinski definition) is 3. The summed E-state index contributed by atoms with van der Waals surface area (Å²) < 4.78 is 0. The van der Waals surface area contributed by atoms with E-state index in [1.807, 2.05) is 19.9 Å². The lowest BCUT2D eigenvalue weighted by Gasteiger charge is -2.29. The normalized spacial score (nSPS) is 15.8. The molecule has 5 nitrogen and oxygen atoms in total. The maximum absolute atomic E-state index is 12.3. The largest absolute Gasteiger partial charge is 0.324 e. The first-order valence-electron chi connectivity index (χ1n) is 7.51. The minimum Gasteiger partial charge on any atom is -0.324 e. The number of hydrogen-bond donors (Lipinski definition) is 2. The molecule has 0 spiro atoms. The second-order valence-corrected chi connectivity index (χ2v) is 6.67. The molecule has 1 aromatic carbocycles. The molecule has 0 unspecified atom stereocenters. The molecule has 23 heavy (non-hydrogen) atoms. The molecule has 0 saturated heterocycles. The first kappa shape index (κ1) is 15.2. The summed E-state index contributed by atoms with van der Waals surface area (Å²) in [6.07, 6.45) is 1.06. The number of H-pyrrole nitrogens is 1. The number of aromatic nitrogens is 1. The topological polar surface area (TPSA) is 79.0 Å². The Labute approximate surface area is 133 Å². The van der Waals surface area contributed by atoms with Crippen LogP contribution in [0.2, 0.25) is 0 Å². The minimum absolute atomic E-state index is 0.0114. The van der Waals surface area contributed by atoms with Crippen molar-refractivity contribution in [1.29, 1.82) is 0 Å². The quantitative estimate of drug-likeness (QED) is 0.895. The molecule has 5 heteroatoms. The van der Waals surface area contributed by atoms with E-state index < -0.39 is 5.56 Å². The monoisotopic (exact) mass is 310 g/mol. The molecule has 0 fully saturated rings. The van der Waals surface area contributed by atoms with Gasteiger partial charge in [-0.1, -0.05) is 32.0 Å². The van der Waals surface area contributed by atoms with Crippen LogP contribution in [0.4, 0.5) is 5.69 Å². The number of carbonyl (C=O) groups excluding carboxylic acids is 2. The van der Waals surface area contributed by atoms with Crippen molar-refractivity contribution < 1.29 is 9.59 Å². The zero-order valence-electron chi connectivity index (χ0n) is 13.1. The summed E-state index contributed by atoms with van der Waals surface area (Å²) in [4.78, 5) is 39.4. The van der Waals surface area contributed by atoms with E-state index in [0.29, 0.717) is 29.7 Å². The van der Waals surface area contributed by atoms with Gasteiger partial charge in [0.05, 0.1) is 0 Å². The van der Waals surface area contributed by atoms with Crippen LogP contribution < -0.4 is 10.9 Å². The molecule has 0 radical (unpaired) electrons. The van der Waals surface area contributed by atoms with Crippen molar-refractivity contribution >= 4 is 17.4 Å². The Morgan fingerprint density at radius 3 is 2.52 bits per heavy atom. The Balaban J connectivity index is 1.94. The molecule has 1 aliphatic rings. The highest BCUT2D eigenvalue weighted by molar-refractivity contribution is 6.05. The molecular weight excluding hydrogens is 292 g/mol. The highest BCUT2D eigenvalue weighted by Gasteiger charge is 2.32. The molecule has 1 aromatic heterocycles. The number of ketones is 1. The van der Waals surface area contributed by atoms with Gasteiger partial charge in [0.15, 0.2) is 5.78 Å². The second kappa shape index (κ2) is 5.50. The number of carbonyl (C=O) groups is 2. The van der Waals surface area contributed by atoms with Gasteiger partial charge in [0.2, 0.25) is 0 Å². The second-order valence-electron chi connectivity index (χ2n) is 6.67. The Hall–Kier alpha value is -2.69. The van der Waals surface area contributed by atoms with Crippen molar-refractivity contribution in [2.24, 2.45) is 5.41 Å². The Morgan fingerprint density at radius 1 is 1.13 bits per heavy atom. The summed E-state index contributed by atoms with van der Waals surface area (Å²) in [5.74, 6) is -0.387. The van der Waals surface area contributed by atoms with Crippen LogP contribution in [-0.4, -0.2) is 16.7 Å². The standard InChI is InChI=1S/C18H18N2O3/c1-18(2)9-14-12(15(21)10-18)8-13(17(23)20-14)19-16(22)11-6-4-3-5-7-11/h3-8H,9-10H2,1-2H3,(H,19,22)(H,20,23). The molecule has 1 heterocycles. The third-order valence-corrected chi connectivity index (χ3v) is 4.00. The SMILES string of the molecule is CC1(C)CC(=O)c2cc(NC(=O)c3ccccc3)c(=O)[nH]c2C1. The molecule has 2 N–H and O–H groups in total. The smallest absolute Gasteiger partial charge is 0.271 e. The van der Waals surface area contributed by atoms with E-state index >= 15 is 0 Å². The molecule has 3 rings (SSSR count).